The van der Waals surface area contributed by atoms with Crippen molar-refractivity contribution >= 4 is 5.82 Å². The summed E-state index contributed by atoms with van der Waals surface area (Å²) in [6.45, 7) is 2.88. The van der Waals surface area contributed by atoms with Crippen LogP contribution in [-0.2, 0) is 7.05 Å². The fraction of sp³-hybridized carbons (Fsp3) is 0.300. The van der Waals surface area contributed by atoms with E-state index in [-0.39, 0.29) is 0 Å². The van der Waals surface area contributed by atoms with Crippen LogP contribution in [0.15, 0.2) is 24.8 Å². The van der Waals surface area contributed by atoms with Crippen LogP contribution in [0.4, 0.5) is 5.82 Å². The molecular formula is C10H13N5. The molecule has 0 amide bonds. The van der Waals surface area contributed by atoms with Gasteiger partial charge in [0.25, 0.3) is 0 Å². The maximum absolute atomic E-state index is 4.20. The Kier molecular flexibility index (Phi) is 2.62. The van der Waals surface area contributed by atoms with Crippen molar-refractivity contribution in [2.24, 2.45) is 7.05 Å². The van der Waals surface area contributed by atoms with Crippen LogP contribution in [0.2, 0.25) is 0 Å². The van der Waals surface area contributed by atoms with E-state index in [9.17, 15) is 0 Å². The fourth-order valence-electron chi connectivity index (χ4n) is 1.35. The van der Waals surface area contributed by atoms with Crippen LogP contribution in [0.1, 0.15) is 6.92 Å². The molecule has 5 heteroatoms. The molecule has 0 atom stereocenters. The van der Waals surface area contributed by atoms with Crippen LogP contribution in [-0.4, -0.2) is 26.3 Å². The second kappa shape index (κ2) is 4.08. The lowest BCUT2D eigenvalue weighted by Crippen LogP contribution is -1.99. The number of aromatic nitrogens is 4. The summed E-state index contributed by atoms with van der Waals surface area (Å²) in [7, 11) is 1.88. The fourth-order valence-corrected chi connectivity index (χ4v) is 1.35. The topological polar surface area (TPSA) is 55.6 Å². The van der Waals surface area contributed by atoms with Crippen molar-refractivity contribution < 1.29 is 0 Å². The first-order chi connectivity index (χ1) is 7.29. The molecule has 0 aliphatic heterocycles. The van der Waals surface area contributed by atoms with Gasteiger partial charge in [0.15, 0.2) is 0 Å². The van der Waals surface area contributed by atoms with Gasteiger partial charge in [0, 0.05) is 31.4 Å². The standard InChI is InChI=1S/C10H13N5/c1-3-11-10-4-9(12-7-13-10)8-5-14-15(2)6-8/h4-7H,3H2,1-2H3,(H,11,12,13). The smallest absolute Gasteiger partial charge is 0.129 e. The average Bonchev–Trinajstić information content (AvgIpc) is 2.66. The van der Waals surface area contributed by atoms with Crippen LogP contribution in [0, 0.1) is 0 Å². The molecule has 78 valence electrons. The molecule has 0 aromatic carbocycles. The Bertz CT molecular complexity index is 449. The van der Waals surface area contributed by atoms with Gasteiger partial charge in [-0.3, -0.25) is 4.68 Å². The van der Waals surface area contributed by atoms with Crippen LogP contribution >= 0.6 is 0 Å². The summed E-state index contributed by atoms with van der Waals surface area (Å²) in [5.74, 6) is 0.839. The van der Waals surface area contributed by atoms with Gasteiger partial charge in [0.05, 0.1) is 11.9 Å². The van der Waals surface area contributed by atoms with E-state index in [1.54, 1.807) is 17.2 Å². The van der Waals surface area contributed by atoms with E-state index in [1.165, 1.54) is 0 Å². The maximum atomic E-state index is 4.20. The first-order valence-corrected chi connectivity index (χ1v) is 4.84. The first-order valence-electron chi connectivity index (χ1n) is 4.84. The van der Waals surface area contributed by atoms with Gasteiger partial charge in [-0.1, -0.05) is 0 Å². The lowest BCUT2D eigenvalue weighted by Gasteiger charge is -2.02. The monoisotopic (exact) mass is 203 g/mol. The minimum Gasteiger partial charge on any atom is -0.370 e. The number of hydrogen-bond donors (Lipinski definition) is 1. The summed E-state index contributed by atoms with van der Waals surface area (Å²) >= 11 is 0. The van der Waals surface area contributed by atoms with Gasteiger partial charge >= 0.3 is 0 Å². The zero-order chi connectivity index (χ0) is 10.7. The van der Waals surface area contributed by atoms with Gasteiger partial charge in [0.1, 0.15) is 12.1 Å². The molecule has 5 nitrogen and oxygen atoms in total. The Morgan fingerprint density at radius 2 is 2.27 bits per heavy atom. The summed E-state index contributed by atoms with van der Waals surface area (Å²) in [6, 6.07) is 1.92. The van der Waals surface area contributed by atoms with Gasteiger partial charge in [-0.25, -0.2) is 9.97 Å². The number of hydrogen-bond acceptors (Lipinski definition) is 4. The van der Waals surface area contributed by atoms with Crippen molar-refractivity contribution in [3.63, 3.8) is 0 Å². The lowest BCUT2D eigenvalue weighted by atomic mass is 10.2. The van der Waals surface area contributed by atoms with E-state index >= 15 is 0 Å². The predicted molar refractivity (Wildman–Crippen MR) is 58.4 cm³/mol. The third kappa shape index (κ3) is 2.12. The Balaban J connectivity index is 2.32. The minimum atomic E-state index is 0.839. The van der Waals surface area contributed by atoms with E-state index in [4.69, 9.17) is 0 Å². The summed E-state index contributed by atoms with van der Waals surface area (Å²) < 4.78 is 1.75. The summed E-state index contributed by atoms with van der Waals surface area (Å²) in [5.41, 5.74) is 1.88. The molecule has 2 aromatic heterocycles. The Labute approximate surface area is 88.2 Å². The third-order valence-electron chi connectivity index (χ3n) is 2.03. The average molecular weight is 203 g/mol. The van der Waals surface area contributed by atoms with Crippen molar-refractivity contribution in [1.29, 1.82) is 0 Å². The molecule has 0 unspecified atom stereocenters. The largest absolute Gasteiger partial charge is 0.370 e. The van der Waals surface area contributed by atoms with E-state index < -0.39 is 0 Å². The third-order valence-corrected chi connectivity index (χ3v) is 2.03. The van der Waals surface area contributed by atoms with E-state index in [2.05, 4.69) is 20.4 Å². The number of rotatable bonds is 3. The molecule has 0 aliphatic carbocycles. The quantitative estimate of drug-likeness (QED) is 0.817. The van der Waals surface area contributed by atoms with Crippen LogP contribution < -0.4 is 5.32 Å². The number of nitrogens with zero attached hydrogens (tertiary/aromatic N) is 4. The van der Waals surface area contributed by atoms with Crippen LogP contribution in [0.5, 0.6) is 0 Å². The highest BCUT2D eigenvalue weighted by atomic mass is 15.2. The van der Waals surface area contributed by atoms with Crippen molar-refractivity contribution in [1.82, 2.24) is 19.7 Å². The highest BCUT2D eigenvalue weighted by Crippen LogP contribution is 2.17. The van der Waals surface area contributed by atoms with E-state index in [0.717, 1.165) is 23.6 Å². The van der Waals surface area contributed by atoms with Gasteiger partial charge < -0.3 is 5.32 Å². The molecule has 15 heavy (non-hydrogen) atoms. The van der Waals surface area contributed by atoms with Crippen LogP contribution in [0.25, 0.3) is 11.3 Å². The van der Waals surface area contributed by atoms with Gasteiger partial charge in [0.2, 0.25) is 0 Å². The SMILES string of the molecule is CCNc1cc(-c2cnn(C)c2)ncn1. The van der Waals surface area contributed by atoms with Gasteiger partial charge in [-0.2, -0.15) is 5.10 Å². The van der Waals surface area contributed by atoms with Crippen molar-refractivity contribution in [2.45, 2.75) is 6.92 Å². The minimum absolute atomic E-state index is 0.839. The molecular weight excluding hydrogens is 190 g/mol. The molecule has 2 aromatic rings. The molecule has 2 heterocycles. The molecule has 1 N–H and O–H groups in total. The highest BCUT2D eigenvalue weighted by molar-refractivity contribution is 5.60. The molecule has 0 saturated carbocycles. The zero-order valence-electron chi connectivity index (χ0n) is 8.81. The first kappa shape index (κ1) is 9.64. The lowest BCUT2D eigenvalue weighted by molar-refractivity contribution is 0.768. The Hall–Kier alpha value is -1.91. The molecule has 0 radical (unpaired) electrons. The summed E-state index contributed by atoms with van der Waals surface area (Å²) in [5, 5.41) is 7.25. The molecule has 2 rings (SSSR count). The Morgan fingerprint density at radius 1 is 1.40 bits per heavy atom. The van der Waals surface area contributed by atoms with Crippen LogP contribution in [0.3, 0.4) is 0 Å². The zero-order valence-corrected chi connectivity index (χ0v) is 8.81. The van der Waals surface area contributed by atoms with Gasteiger partial charge in [-0.05, 0) is 6.92 Å². The molecule has 0 bridgehead atoms. The second-order valence-corrected chi connectivity index (χ2v) is 3.22. The van der Waals surface area contributed by atoms with E-state index in [1.807, 2.05) is 26.2 Å². The summed E-state index contributed by atoms with van der Waals surface area (Å²) in [6.07, 6.45) is 5.27. The number of aryl methyl sites for hydroxylation is 1. The Morgan fingerprint density at radius 3 is 2.93 bits per heavy atom. The molecule has 0 spiro atoms. The molecule has 0 saturated heterocycles. The molecule has 0 aliphatic rings. The van der Waals surface area contributed by atoms with E-state index in [0.29, 0.717) is 0 Å². The van der Waals surface area contributed by atoms with Crippen molar-refractivity contribution in [3.05, 3.63) is 24.8 Å². The van der Waals surface area contributed by atoms with Crippen molar-refractivity contribution in [2.75, 3.05) is 11.9 Å². The van der Waals surface area contributed by atoms with Crippen molar-refractivity contribution in [3.8, 4) is 11.3 Å². The molecule has 0 fully saturated rings. The predicted octanol–water partition coefficient (Wildman–Crippen LogP) is 1.31. The summed E-state index contributed by atoms with van der Waals surface area (Å²) in [4.78, 5) is 8.31. The van der Waals surface area contributed by atoms with Gasteiger partial charge in [-0.15, -0.1) is 0 Å². The maximum Gasteiger partial charge on any atom is 0.129 e. The normalized spacial score (nSPS) is 10.3. The highest BCUT2D eigenvalue weighted by Gasteiger charge is 2.02. The number of anilines is 1. The second-order valence-electron chi connectivity index (χ2n) is 3.22. The number of nitrogens with one attached hydrogen (secondary N) is 1.